The fourth-order valence-electron chi connectivity index (χ4n) is 4.48. The number of benzene rings is 3. The number of hydrogen-bond donors (Lipinski definition) is 2. The number of fused-ring (bicyclic) bond motifs is 1. The van der Waals surface area contributed by atoms with Crippen LogP contribution < -0.4 is 20.1 Å². The molecule has 0 spiro atoms. The zero-order chi connectivity index (χ0) is 25.5. The van der Waals surface area contributed by atoms with E-state index < -0.39 is 10.8 Å². The maximum Gasteiger partial charge on any atom is 0.235 e. The molecule has 1 fully saturated rings. The van der Waals surface area contributed by atoms with Crippen molar-refractivity contribution in [3.05, 3.63) is 77.4 Å². The van der Waals surface area contributed by atoms with Crippen molar-refractivity contribution < 1.29 is 19.1 Å². The standard InChI is InChI=1S/C30H32N2O4/c1-19-5-11-23(16-24(19)21-8-6-20(7-9-21)17-31-27(33)29(2,3)4)32-28(34)30(13-14-30)22-10-12-25-26(15-22)36-18-35-25/h5-12,15-16H,13-14,17-18H2,1-4H3,(H,31,33)(H,32,34). The van der Waals surface area contributed by atoms with Crippen LogP contribution >= 0.6 is 0 Å². The molecule has 6 heteroatoms. The minimum atomic E-state index is -0.523. The molecular weight excluding hydrogens is 452 g/mol. The van der Waals surface area contributed by atoms with Crippen molar-refractivity contribution >= 4 is 17.5 Å². The summed E-state index contributed by atoms with van der Waals surface area (Å²) in [5, 5.41) is 6.13. The third-order valence-corrected chi connectivity index (χ3v) is 7.00. The first-order chi connectivity index (χ1) is 17.2. The van der Waals surface area contributed by atoms with Gasteiger partial charge in [0.15, 0.2) is 11.5 Å². The van der Waals surface area contributed by atoms with E-state index in [0.717, 1.165) is 52.1 Å². The number of amides is 2. The maximum absolute atomic E-state index is 13.4. The molecule has 0 aromatic heterocycles. The molecule has 0 saturated heterocycles. The van der Waals surface area contributed by atoms with Gasteiger partial charge >= 0.3 is 0 Å². The molecule has 1 aliphatic carbocycles. The number of anilines is 1. The van der Waals surface area contributed by atoms with E-state index in [-0.39, 0.29) is 18.6 Å². The summed E-state index contributed by atoms with van der Waals surface area (Å²) in [6.07, 6.45) is 1.62. The smallest absolute Gasteiger partial charge is 0.235 e. The number of aryl methyl sites for hydroxylation is 1. The summed E-state index contributed by atoms with van der Waals surface area (Å²) in [6, 6.07) is 20.0. The van der Waals surface area contributed by atoms with Crippen molar-refractivity contribution in [3.8, 4) is 22.6 Å². The van der Waals surface area contributed by atoms with Gasteiger partial charge < -0.3 is 20.1 Å². The Morgan fingerprint density at radius 1 is 0.917 bits per heavy atom. The van der Waals surface area contributed by atoms with Crippen molar-refractivity contribution in [1.82, 2.24) is 5.32 Å². The Bertz CT molecular complexity index is 1320. The fraction of sp³-hybridized carbons (Fsp3) is 0.333. The Kier molecular flexibility index (Phi) is 5.99. The van der Waals surface area contributed by atoms with Crippen molar-refractivity contribution in [3.63, 3.8) is 0 Å². The Morgan fingerprint density at radius 3 is 2.33 bits per heavy atom. The summed E-state index contributed by atoms with van der Waals surface area (Å²) in [7, 11) is 0. The Morgan fingerprint density at radius 2 is 1.64 bits per heavy atom. The quantitative estimate of drug-likeness (QED) is 0.469. The van der Waals surface area contributed by atoms with E-state index in [2.05, 4.69) is 29.7 Å². The van der Waals surface area contributed by atoms with E-state index in [4.69, 9.17) is 9.47 Å². The van der Waals surface area contributed by atoms with Crippen LogP contribution in [0, 0.1) is 12.3 Å². The molecule has 1 heterocycles. The number of ether oxygens (including phenoxy) is 2. The minimum Gasteiger partial charge on any atom is -0.454 e. The molecule has 6 nitrogen and oxygen atoms in total. The first-order valence-electron chi connectivity index (χ1n) is 12.4. The molecule has 5 rings (SSSR count). The third kappa shape index (κ3) is 4.68. The van der Waals surface area contributed by atoms with Gasteiger partial charge in [-0.25, -0.2) is 0 Å². The summed E-state index contributed by atoms with van der Waals surface area (Å²) in [6.45, 7) is 8.48. The van der Waals surface area contributed by atoms with Gasteiger partial charge in [-0.2, -0.15) is 0 Å². The second-order valence-corrected chi connectivity index (χ2v) is 10.8. The predicted octanol–water partition coefficient (Wildman–Crippen LogP) is 5.72. The van der Waals surface area contributed by atoms with E-state index in [9.17, 15) is 9.59 Å². The summed E-state index contributed by atoms with van der Waals surface area (Å²) >= 11 is 0. The van der Waals surface area contributed by atoms with Crippen LogP contribution in [0.3, 0.4) is 0 Å². The van der Waals surface area contributed by atoms with Crippen molar-refractivity contribution in [1.29, 1.82) is 0 Å². The van der Waals surface area contributed by atoms with Crippen LogP contribution in [0.1, 0.15) is 50.3 Å². The van der Waals surface area contributed by atoms with Gasteiger partial charge in [0, 0.05) is 17.6 Å². The molecule has 186 valence electrons. The fourth-order valence-corrected chi connectivity index (χ4v) is 4.48. The third-order valence-electron chi connectivity index (χ3n) is 7.00. The lowest BCUT2D eigenvalue weighted by molar-refractivity contribution is -0.128. The van der Waals surface area contributed by atoms with Gasteiger partial charge in [0.25, 0.3) is 0 Å². The van der Waals surface area contributed by atoms with E-state index in [1.54, 1.807) is 0 Å². The van der Waals surface area contributed by atoms with Crippen molar-refractivity contribution in [2.45, 2.75) is 52.5 Å². The van der Waals surface area contributed by atoms with Crippen LogP contribution in [0.25, 0.3) is 11.1 Å². The molecule has 3 aromatic carbocycles. The topological polar surface area (TPSA) is 76.7 Å². The summed E-state index contributed by atoms with van der Waals surface area (Å²) in [5.41, 5.74) is 5.09. The molecule has 3 aromatic rings. The maximum atomic E-state index is 13.4. The molecule has 0 radical (unpaired) electrons. The normalized spacial score (nSPS) is 15.3. The highest BCUT2D eigenvalue weighted by Gasteiger charge is 2.51. The van der Waals surface area contributed by atoms with Crippen molar-refractivity contribution in [2.24, 2.45) is 5.41 Å². The Hall–Kier alpha value is -3.80. The molecule has 2 aliphatic rings. The zero-order valence-electron chi connectivity index (χ0n) is 21.2. The van der Waals surface area contributed by atoms with Gasteiger partial charge in [0.05, 0.1) is 5.41 Å². The van der Waals surface area contributed by atoms with Crippen molar-refractivity contribution in [2.75, 3.05) is 12.1 Å². The SMILES string of the molecule is Cc1ccc(NC(=O)C2(c3ccc4c(c3)OCO4)CC2)cc1-c1ccc(CNC(=O)C(C)(C)C)cc1. The van der Waals surface area contributed by atoms with E-state index in [1.807, 2.05) is 69.3 Å². The number of carbonyl (C=O) groups is 2. The van der Waals surface area contributed by atoms with E-state index in [0.29, 0.717) is 12.3 Å². The minimum absolute atomic E-state index is 0.00102. The monoisotopic (exact) mass is 484 g/mol. The predicted molar refractivity (Wildman–Crippen MR) is 140 cm³/mol. The van der Waals surface area contributed by atoms with Gasteiger partial charge in [-0.1, -0.05) is 57.2 Å². The average Bonchev–Trinajstić information content (AvgIpc) is 3.54. The molecule has 36 heavy (non-hydrogen) atoms. The largest absolute Gasteiger partial charge is 0.454 e. The van der Waals surface area contributed by atoms with E-state index >= 15 is 0 Å². The summed E-state index contributed by atoms with van der Waals surface area (Å²) in [4.78, 5) is 25.5. The molecule has 1 saturated carbocycles. The van der Waals surface area contributed by atoms with Gasteiger partial charge in [-0.05, 0) is 71.8 Å². The summed E-state index contributed by atoms with van der Waals surface area (Å²) < 4.78 is 10.9. The number of hydrogen-bond acceptors (Lipinski definition) is 4. The molecule has 2 N–H and O–H groups in total. The molecular formula is C30H32N2O4. The number of rotatable bonds is 6. The summed E-state index contributed by atoms with van der Waals surface area (Å²) in [5.74, 6) is 1.45. The molecule has 2 amide bonds. The van der Waals surface area contributed by atoms with Crippen LogP contribution in [-0.2, 0) is 21.5 Å². The molecule has 0 bridgehead atoms. The molecule has 0 unspecified atom stereocenters. The van der Waals surface area contributed by atoms with Crippen LogP contribution in [-0.4, -0.2) is 18.6 Å². The zero-order valence-corrected chi connectivity index (χ0v) is 21.2. The lowest BCUT2D eigenvalue weighted by Crippen LogP contribution is -2.34. The second kappa shape index (κ2) is 9.01. The van der Waals surface area contributed by atoms with Gasteiger partial charge in [0.2, 0.25) is 18.6 Å². The Labute approximate surface area is 212 Å². The molecule has 1 aliphatic heterocycles. The first kappa shape index (κ1) is 23.9. The highest BCUT2D eigenvalue weighted by Crippen LogP contribution is 2.51. The second-order valence-electron chi connectivity index (χ2n) is 10.8. The van der Waals surface area contributed by atoms with Crippen LogP contribution in [0.15, 0.2) is 60.7 Å². The Balaban J connectivity index is 1.30. The lowest BCUT2D eigenvalue weighted by atomic mass is 9.94. The number of carbonyl (C=O) groups excluding carboxylic acids is 2. The van der Waals surface area contributed by atoms with E-state index in [1.165, 1.54) is 0 Å². The van der Waals surface area contributed by atoms with Crippen LogP contribution in [0.5, 0.6) is 11.5 Å². The lowest BCUT2D eigenvalue weighted by Gasteiger charge is -2.18. The van der Waals surface area contributed by atoms with Gasteiger partial charge in [0.1, 0.15) is 0 Å². The highest BCUT2D eigenvalue weighted by molar-refractivity contribution is 6.02. The number of nitrogens with one attached hydrogen (secondary N) is 2. The van der Waals surface area contributed by atoms with Crippen LogP contribution in [0.4, 0.5) is 5.69 Å². The average molecular weight is 485 g/mol. The van der Waals surface area contributed by atoms with Crippen LogP contribution in [0.2, 0.25) is 0 Å². The van der Waals surface area contributed by atoms with Gasteiger partial charge in [-0.15, -0.1) is 0 Å². The first-order valence-corrected chi connectivity index (χ1v) is 12.4. The highest BCUT2D eigenvalue weighted by atomic mass is 16.7. The van der Waals surface area contributed by atoms with Gasteiger partial charge in [-0.3, -0.25) is 9.59 Å². The molecule has 0 atom stereocenters.